The molecule has 0 fully saturated rings. The van der Waals surface area contributed by atoms with Gasteiger partial charge in [0, 0.05) is 28.6 Å². The van der Waals surface area contributed by atoms with E-state index in [0.717, 1.165) is 0 Å². The van der Waals surface area contributed by atoms with E-state index >= 15 is 0 Å². The number of amides is 1. The number of carbonyl (C=O) groups is 1. The van der Waals surface area contributed by atoms with Crippen LogP contribution in [0.3, 0.4) is 0 Å². The Bertz CT molecular complexity index is 770. The van der Waals surface area contributed by atoms with Gasteiger partial charge in [-0.2, -0.15) is 11.8 Å². The fourth-order valence-electron chi connectivity index (χ4n) is 2.53. The third-order valence-electron chi connectivity index (χ3n) is 4.26. The summed E-state index contributed by atoms with van der Waals surface area (Å²) in [6.45, 7) is 8.65. The first-order valence-corrected chi connectivity index (χ1v) is 10.8. The number of hydrogen-bond acceptors (Lipinski definition) is 3. The number of thioether (sulfide) groups is 1. The number of halogens is 2. The predicted octanol–water partition coefficient (Wildman–Crippen LogP) is 5.59. The molecule has 0 bridgehead atoms. The molecule has 28 heavy (non-hydrogen) atoms. The van der Waals surface area contributed by atoms with E-state index in [1.54, 1.807) is 19.1 Å². The van der Waals surface area contributed by atoms with E-state index in [0.29, 0.717) is 34.4 Å². The summed E-state index contributed by atoms with van der Waals surface area (Å²) in [6.07, 6.45) is -0.591. The lowest BCUT2D eigenvalue weighted by Gasteiger charge is -2.20. The van der Waals surface area contributed by atoms with Crippen LogP contribution in [0.15, 0.2) is 42.5 Å². The molecule has 0 saturated carbocycles. The zero-order valence-corrected chi connectivity index (χ0v) is 18.3. The van der Waals surface area contributed by atoms with Gasteiger partial charge in [-0.1, -0.05) is 50.6 Å². The average molecular weight is 424 g/mol. The minimum atomic E-state index is -0.591. The van der Waals surface area contributed by atoms with E-state index in [2.05, 4.69) is 26.1 Å². The first-order valence-electron chi connectivity index (χ1n) is 9.24. The molecule has 2 rings (SSSR count). The van der Waals surface area contributed by atoms with Crippen molar-refractivity contribution in [2.75, 3.05) is 12.3 Å². The summed E-state index contributed by atoms with van der Waals surface area (Å²) in [6, 6.07) is 12.5. The third-order valence-corrected chi connectivity index (χ3v) is 5.60. The van der Waals surface area contributed by atoms with Gasteiger partial charge in [-0.05, 0) is 42.2 Å². The van der Waals surface area contributed by atoms with Gasteiger partial charge in [0.15, 0.2) is 6.10 Å². The molecule has 1 amide bonds. The second-order valence-corrected chi connectivity index (χ2v) is 9.09. The quantitative estimate of drug-likeness (QED) is 0.562. The number of carbonyl (C=O) groups excluding carboxylic acids is 1. The summed E-state index contributed by atoms with van der Waals surface area (Å²) < 4.78 is 19.4. The van der Waals surface area contributed by atoms with Crippen LogP contribution in [0.5, 0.6) is 5.75 Å². The fraction of sp³-hybridized carbons (Fsp3) is 0.409. The maximum absolute atomic E-state index is 13.7. The lowest BCUT2D eigenvalue weighted by atomic mass is 9.87. The maximum Gasteiger partial charge on any atom is 0.260 e. The minimum absolute atomic E-state index is 0.0755. The van der Waals surface area contributed by atoms with Crippen LogP contribution in [0.25, 0.3) is 0 Å². The van der Waals surface area contributed by atoms with Crippen LogP contribution in [0, 0.1) is 5.82 Å². The summed E-state index contributed by atoms with van der Waals surface area (Å²) in [5.74, 6) is 1.31. The normalized spacial score (nSPS) is 12.5. The SMILES string of the molecule is CC(Oc1ccc(C(C)(C)C)cc1)C(=O)NCCSCc1c(F)cccc1Cl. The van der Waals surface area contributed by atoms with Crippen molar-refractivity contribution >= 4 is 29.3 Å². The topological polar surface area (TPSA) is 38.3 Å². The molecule has 0 aliphatic rings. The van der Waals surface area contributed by atoms with Crippen LogP contribution in [0.1, 0.15) is 38.8 Å². The molecule has 1 unspecified atom stereocenters. The van der Waals surface area contributed by atoms with Crippen LogP contribution in [0.2, 0.25) is 5.02 Å². The molecule has 1 atom stereocenters. The number of nitrogens with one attached hydrogen (secondary N) is 1. The van der Waals surface area contributed by atoms with Crippen molar-refractivity contribution in [3.05, 3.63) is 64.4 Å². The Kier molecular flexibility index (Phi) is 8.20. The van der Waals surface area contributed by atoms with Gasteiger partial charge in [0.25, 0.3) is 5.91 Å². The van der Waals surface area contributed by atoms with Gasteiger partial charge in [-0.15, -0.1) is 0 Å². The van der Waals surface area contributed by atoms with E-state index in [1.807, 2.05) is 24.3 Å². The molecular formula is C22H27ClFNO2S. The highest BCUT2D eigenvalue weighted by Crippen LogP contribution is 2.25. The van der Waals surface area contributed by atoms with E-state index in [-0.39, 0.29) is 17.1 Å². The standard InChI is InChI=1S/C22H27ClFNO2S/c1-15(27-17-10-8-16(9-11-17)22(2,3)4)21(26)25-12-13-28-14-18-19(23)6-5-7-20(18)24/h5-11,15H,12-14H2,1-4H3,(H,25,26). The zero-order valence-electron chi connectivity index (χ0n) is 16.7. The Balaban J connectivity index is 1.72. The summed E-state index contributed by atoms with van der Waals surface area (Å²) in [5.41, 5.74) is 1.78. The predicted molar refractivity (Wildman–Crippen MR) is 116 cm³/mol. The van der Waals surface area contributed by atoms with E-state index in [1.165, 1.54) is 23.4 Å². The van der Waals surface area contributed by atoms with Gasteiger partial charge < -0.3 is 10.1 Å². The van der Waals surface area contributed by atoms with E-state index in [9.17, 15) is 9.18 Å². The summed E-state index contributed by atoms with van der Waals surface area (Å²) >= 11 is 7.52. The molecule has 152 valence electrons. The average Bonchev–Trinajstić information content (AvgIpc) is 2.63. The van der Waals surface area contributed by atoms with Crippen molar-refractivity contribution in [3.8, 4) is 5.75 Å². The van der Waals surface area contributed by atoms with Gasteiger partial charge in [-0.25, -0.2) is 4.39 Å². The Morgan fingerprint density at radius 1 is 1.21 bits per heavy atom. The molecule has 6 heteroatoms. The van der Waals surface area contributed by atoms with Gasteiger partial charge in [-0.3, -0.25) is 4.79 Å². The second kappa shape index (κ2) is 10.2. The van der Waals surface area contributed by atoms with Crippen molar-refractivity contribution in [3.63, 3.8) is 0 Å². The van der Waals surface area contributed by atoms with Gasteiger partial charge in [0.05, 0.1) is 0 Å². The van der Waals surface area contributed by atoms with Crippen molar-refractivity contribution in [1.82, 2.24) is 5.32 Å². The van der Waals surface area contributed by atoms with Crippen LogP contribution in [-0.4, -0.2) is 24.3 Å². The molecule has 0 aromatic heterocycles. The molecule has 2 aromatic carbocycles. The van der Waals surface area contributed by atoms with Crippen molar-refractivity contribution in [1.29, 1.82) is 0 Å². The maximum atomic E-state index is 13.7. The van der Waals surface area contributed by atoms with Crippen molar-refractivity contribution in [2.45, 2.75) is 45.0 Å². The van der Waals surface area contributed by atoms with Gasteiger partial charge in [0.1, 0.15) is 11.6 Å². The highest BCUT2D eigenvalue weighted by molar-refractivity contribution is 7.98. The Labute approximate surface area is 176 Å². The van der Waals surface area contributed by atoms with E-state index in [4.69, 9.17) is 16.3 Å². The van der Waals surface area contributed by atoms with Crippen LogP contribution in [-0.2, 0) is 16.0 Å². The summed E-state index contributed by atoms with van der Waals surface area (Å²) in [4.78, 5) is 12.2. The lowest BCUT2D eigenvalue weighted by molar-refractivity contribution is -0.127. The molecule has 1 N–H and O–H groups in total. The second-order valence-electron chi connectivity index (χ2n) is 7.58. The Morgan fingerprint density at radius 2 is 1.89 bits per heavy atom. The lowest BCUT2D eigenvalue weighted by Crippen LogP contribution is -2.37. The smallest absolute Gasteiger partial charge is 0.260 e. The first-order chi connectivity index (χ1) is 13.2. The number of ether oxygens (including phenoxy) is 1. The molecule has 0 heterocycles. The zero-order chi connectivity index (χ0) is 20.7. The third kappa shape index (κ3) is 6.71. The molecule has 0 radical (unpaired) electrons. The molecule has 3 nitrogen and oxygen atoms in total. The molecule has 0 aliphatic carbocycles. The van der Waals surface area contributed by atoms with Gasteiger partial charge >= 0.3 is 0 Å². The minimum Gasteiger partial charge on any atom is -0.481 e. The summed E-state index contributed by atoms with van der Waals surface area (Å²) in [7, 11) is 0. The van der Waals surface area contributed by atoms with E-state index < -0.39 is 6.10 Å². The molecule has 0 aliphatic heterocycles. The van der Waals surface area contributed by atoms with Crippen LogP contribution in [0.4, 0.5) is 4.39 Å². The largest absolute Gasteiger partial charge is 0.481 e. The van der Waals surface area contributed by atoms with Crippen LogP contribution >= 0.6 is 23.4 Å². The van der Waals surface area contributed by atoms with Crippen molar-refractivity contribution in [2.24, 2.45) is 0 Å². The molecule has 0 saturated heterocycles. The monoisotopic (exact) mass is 423 g/mol. The first kappa shape index (κ1) is 22.6. The highest BCUT2D eigenvalue weighted by atomic mass is 35.5. The molecular weight excluding hydrogens is 397 g/mol. The number of hydrogen-bond donors (Lipinski definition) is 1. The Hall–Kier alpha value is -1.72. The Morgan fingerprint density at radius 3 is 2.50 bits per heavy atom. The number of rotatable bonds is 8. The highest BCUT2D eigenvalue weighted by Gasteiger charge is 2.16. The number of benzene rings is 2. The van der Waals surface area contributed by atoms with Crippen LogP contribution < -0.4 is 10.1 Å². The van der Waals surface area contributed by atoms with Gasteiger partial charge in [0.2, 0.25) is 0 Å². The molecule has 2 aromatic rings. The fourth-order valence-corrected chi connectivity index (χ4v) is 3.72. The summed E-state index contributed by atoms with van der Waals surface area (Å²) in [5, 5.41) is 3.27. The molecule has 0 spiro atoms. The van der Waals surface area contributed by atoms with Crippen molar-refractivity contribution < 1.29 is 13.9 Å².